The Hall–Kier alpha value is -3.44. The van der Waals surface area contributed by atoms with E-state index in [0.717, 1.165) is 25.2 Å². The quantitative estimate of drug-likeness (QED) is 0.611. The molecule has 1 N–H and O–H groups in total. The van der Waals surface area contributed by atoms with Gasteiger partial charge in [-0.2, -0.15) is 10.2 Å². The molecular weight excluding hydrogens is 374 g/mol. The summed E-state index contributed by atoms with van der Waals surface area (Å²) in [5.74, 6) is 3.07. The zero-order valence-electron chi connectivity index (χ0n) is 16.0. The molecule has 1 saturated heterocycles. The van der Waals surface area contributed by atoms with Gasteiger partial charge in [-0.3, -0.25) is 0 Å². The van der Waals surface area contributed by atoms with Crippen LogP contribution in [0.5, 0.6) is 11.5 Å². The molecule has 1 aromatic carbocycles. The van der Waals surface area contributed by atoms with E-state index in [2.05, 4.69) is 10.3 Å². The van der Waals surface area contributed by atoms with Gasteiger partial charge in [-0.15, -0.1) is 0 Å². The Labute approximate surface area is 168 Å². The highest BCUT2D eigenvalue weighted by atomic mass is 16.5. The minimum absolute atomic E-state index is 0.125. The van der Waals surface area contributed by atoms with Crippen LogP contribution in [0.3, 0.4) is 0 Å². The Morgan fingerprint density at radius 1 is 1.17 bits per heavy atom. The number of hydrogen-bond donors (Lipinski definition) is 1. The molecular formula is C21H21N3O5. The van der Waals surface area contributed by atoms with Crippen molar-refractivity contribution in [2.24, 2.45) is 0 Å². The van der Waals surface area contributed by atoms with Crippen molar-refractivity contribution in [2.45, 2.75) is 25.6 Å². The first-order valence-electron chi connectivity index (χ1n) is 9.37. The van der Waals surface area contributed by atoms with Crippen LogP contribution in [0.1, 0.15) is 24.3 Å². The van der Waals surface area contributed by atoms with E-state index in [0.29, 0.717) is 29.7 Å². The Kier molecular flexibility index (Phi) is 5.68. The summed E-state index contributed by atoms with van der Waals surface area (Å²) in [7, 11) is 1.62. The Balaban J connectivity index is 1.39. The Bertz CT molecular complexity index is 981. The topological polar surface area (TPSA) is 103 Å². The third kappa shape index (κ3) is 4.52. The number of ether oxygens (including phenoxy) is 3. The van der Waals surface area contributed by atoms with E-state index >= 15 is 0 Å². The zero-order valence-corrected chi connectivity index (χ0v) is 16.0. The van der Waals surface area contributed by atoms with Gasteiger partial charge < -0.3 is 28.4 Å². The van der Waals surface area contributed by atoms with Crippen molar-refractivity contribution in [1.29, 1.82) is 5.26 Å². The average molecular weight is 395 g/mol. The summed E-state index contributed by atoms with van der Waals surface area (Å²) < 4.78 is 27.9. The predicted octanol–water partition coefficient (Wildman–Crippen LogP) is 3.98. The van der Waals surface area contributed by atoms with Crippen molar-refractivity contribution in [1.82, 2.24) is 4.98 Å². The second-order valence-electron chi connectivity index (χ2n) is 6.55. The molecule has 150 valence electrons. The number of aromatic nitrogens is 1. The van der Waals surface area contributed by atoms with E-state index in [-0.39, 0.29) is 24.3 Å². The van der Waals surface area contributed by atoms with E-state index in [4.69, 9.17) is 23.0 Å². The highest BCUT2D eigenvalue weighted by Crippen LogP contribution is 2.28. The van der Waals surface area contributed by atoms with Crippen molar-refractivity contribution in [3.05, 3.63) is 47.9 Å². The van der Waals surface area contributed by atoms with E-state index in [1.54, 1.807) is 19.2 Å². The predicted molar refractivity (Wildman–Crippen MR) is 104 cm³/mol. The number of nitrogens with one attached hydrogen (secondary N) is 1. The third-order valence-corrected chi connectivity index (χ3v) is 4.56. The molecule has 1 aliphatic heterocycles. The summed E-state index contributed by atoms with van der Waals surface area (Å²) in [4.78, 5) is 4.22. The maximum Gasteiger partial charge on any atom is 0.266 e. The lowest BCUT2D eigenvalue weighted by molar-refractivity contribution is 0.120. The van der Waals surface area contributed by atoms with Crippen molar-refractivity contribution in [3.8, 4) is 29.2 Å². The van der Waals surface area contributed by atoms with Crippen molar-refractivity contribution in [2.75, 3.05) is 25.6 Å². The second-order valence-corrected chi connectivity index (χ2v) is 6.55. The lowest BCUT2D eigenvalue weighted by Gasteiger charge is -2.09. The van der Waals surface area contributed by atoms with Gasteiger partial charge in [-0.1, -0.05) is 0 Å². The van der Waals surface area contributed by atoms with Crippen LogP contribution in [0.4, 0.5) is 5.88 Å². The van der Waals surface area contributed by atoms with Gasteiger partial charge in [0.1, 0.15) is 29.9 Å². The van der Waals surface area contributed by atoms with Gasteiger partial charge in [0.05, 0.1) is 13.2 Å². The number of hydrogen-bond acceptors (Lipinski definition) is 8. The highest BCUT2D eigenvalue weighted by molar-refractivity contribution is 5.54. The smallest absolute Gasteiger partial charge is 0.266 e. The number of anilines is 1. The molecule has 8 heteroatoms. The number of benzene rings is 1. The molecule has 0 spiro atoms. The first kappa shape index (κ1) is 18.9. The SMILES string of the molecule is COc1ccc(OCc2ccc(-c3nc(C#N)c(NC[C@H]4CCCO4)o3)o2)cc1. The molecule has 0 aliphatic carbocycles. The normalized spacial score (nSPS) is 15.8. The summed E-state index contributed by atoms with van der Waals surface area (Å²) >= 11 is 0. The van der Waals surface area contributed by atoms with Crippen molar-refractivity contribution < 1.29 is 23.0 Å². The van der Waals surface area contributed by atoms with Gasteiger partial charge in [0.15, 0.2) is 5.76 Å². The van der Waals surface area contributed by atoms with Crippen molar-refractivity contribution in [3.63, 3.8) is 0 Å². The highest BCUT2D eigenvalue weighted by Gasteiger charge is 2.20. The van der Waals surface area contributed by atoms with E-state index in [1.807, 2.05) is 30.3 Å². The van der Waals surface area contributed by atoms with Gasteiger partial charge >= 0.3 is 0 Å². The van der Waals surface area contributed by atoms with Gasteiger partial charge in [-0.05, 0) is 49.2 Å². The van der Waals surface area contributed by atoms with Gasteiger partial charge in [0.2, 0.25) is 11.6 Å². The number of nitrogens with zero attached hydrogens (tertiary/aromatic N) is 2. The van der Waals surface area contributed by atoms with Crippen LogP contribution in [0, 0.1) is 11.3 Å². The standard InChI is InChI=1S/C21H21N3O5/c1-25-14-4-6-15(7-5-14)27-13-17-8-9-19(28-17)21-24-18(11-22)20(29-21)23-12-16-3-2-10-26-16/h4-9,16,23H,2-3,10,12-13H2,1H3/t16-/m1/s1. The number of oxazole rings is 1. The lowest BCUT2D eigenvalue weighted by Crippen LogP contribution is -2.18. The van der Waals surface area contributed by atoms with Crippen LogP contribution in [-0.2, 0) is 11.3 Å². The fraction of sp³-hybridized carbons (Fsp3) is 0.333. The Morgan fingerprint density at radius 3 is 2.72 bits per heavy atom. The second kappa shape index (κ2) is 8.71. The van der Waals surface area contributed by atoms with Crippen LogP contribution < -0.4 is 14.8 Å². The molecule has 4 rings (SSSR count). The maximum atomic E-state index is 9.32. The van der Waals surface area contributed by atoms with Gasteiger partial charge in [0.25, 0.3) is 5.89 Å². The number of rotatable bonds is 8. The molecule has 0 bridgehead atoms. The summed E-state index contributed by atoms with van der Waals surface area (Å²) in [6.45, 7) is 1.59. The summed E-state index contributed by atoms with van der Waals surface area (Å²) in [5.41, 5.74) is 0.186. The van der Waals surface area contributed by atoms with Gasteiger partial charge in [-0.25, -0.2) is 0 Å². The van der Waals surface area contributed by atoms with Crippen molar-refractivity contribution >= 4 is 5.88 Å². The third-order valence-electron chi connectivity index (χ3n) is 4.56. The average Bonchev–Trinajstić information content (AvgIpc) is 3.51. The molecule has 29 heavy (non-hydrogen) atoms. The summed E-state index contributed by atoms with van der Waals surface area (Å²) in [5, 5.41) is 12.4. The molecule has 0 radical (unpaired) electrons. The summed E-state index contributed by atoms with van der Waals surface area (Å²) in [6, 6.07) is 12.9. The van der Waals surface area contributed by atoms with E-state index in [9.17, 15) is 5.26 Å². The monoisotopic (exact) mass is 395 g/mol. The van der Waals surface area contributed by atoms with E-state index in [1.165, 1.54) is 0 Å². The molecule has 0 amide bonds. The molecule has 8 nitrogen and oxygen atoms in total. The largest absolute Gasteiger partial charge is 0.497 e. The molecule has 2 aromatic heterocycles. The van der Waals surface area contributed by atoms with Crippen LogP contribution in [0.25, 0.3) is 11.7 Å². The van der Waals surface area contributed by atoms with Crippen LogP contribution in [0.15, 0.2) is 45.2 Å². The van der Waals surface area contributed by atoms with Crippen LogP contribution >= 0.6 is 0 Å². The first-order valence-corrected chi connectivity index (χ1v) is 9.37. The molecule has 0 saturated carbocycles. The molecule has 1 aliphatic rings. The lowest BCUT2D eigenvalue weighted by atomic mass is 10.2. The molecule has 1 atom stereocenters. The molecule has 3 heterocycles. The number of furan rings is 1. The number of methoxy groups -OCH3 is 1. The maximum absolute atomic E-state index is 9.32. The first-order chi connectivity index (χ1) is 14.2. The molecule has 3 aromatic rings. The Morgan fingerprint density at radius 2 is 2.00 bits per heavy atom. The number of nitriles is 1. The molecule has 1 fully saturated rings. The fourth-order valence-electron chi connectivity index (χ4n) is 3.03. The minimum Gasteiger partial charge on any atom is -0.497 e. The minimum atomic E-state index is 0.125. The molecule has 0 unspecified atom stereocenters. The van der Waals surface area contributed by atoms with Gasteiger partial charge in [0, 0.05) is 13.2 Å². The zero-order chi connectivity index (χ0) is 20.1. The van der Waals surface area contributed by atoms with Crippen LogP contribution in [-0.4, -0.2) is 31.3 Å². The fourth-order valence-corrected chi connectivity index (χ4v) is 3.03. The van der Waals surface area contributed by atoms with Crippen LogP contribution in [0.2, 0.25) is 0 Å². The van der Waals surface area contributed by atoms with E-state index < -0.39 is 0 Å². The summed E-state index contributed by atoms with van der Waals surface area (Å²) in [6.07, 6.45) is 2.17.